The van der Waals surface area contributed by atoms with Crippen LogP contribution in [-0.4, -0.2) is 34.5 Å². The van der Waals surface area contributed by atoms with Gasteiger partial charge in [-0.25, -0.2) is 4.98 Å². The molecule has 2 aromatic carbocycles. The van der Waals surface area contributed by atoms with Crippen molar-refractivity contribution in [3.63, 3.8) is 0 Å². The van der Waals surface area contributed by atoms with Crippen LogP contribution in [0.4, 0.5) is 8.78 Å². The van der Waals surface area contributed by atoms with Crippen LogP contribution in [0.2, 0.25) is 0 Å². The summed E-state index contributed by atoms with van der Waals surface area (Å²) in [6, 6.07) is 15.8. The lowest BCUT2D eigenvalue weighted by Gasteiger charge is -2.20. The van der Waals surface area contributed by atoms with Gasteiger partial charge >= 0.3 is 6.55 Å². The maximum absolute atomic E-state index is 13.6. The molecule has 0 bridgehead atoms. The van der Waals surface area contributed by atoms with Crippen molar-refractivity contribution in [1.29, 1.82) is 0 Å². The van der Waals surface area contributed by atoms with Gasteiger partial charge in [-0.3, -0.25) is 9.36 Å². The molecule has 1 atom stereocenters. The van der Waals surface area contributed by atoms with Gasteiger partial charge in [0.2, 0.25) is 5.91 Å². The first-order valence-corrected chi connectivity index (χ1v) is 8.55. The molecule has 130 valence electrons. The molecular formula is C18H17F2N3OS. The number of rotatable bonds is 5. The van der Waals surface area contributed by atoms with Gasteiger partial charge in [-0.2, -0.15) is 8.78 Å². The predicted molar refractivity (Wildman–Crippen MR) is 94.7 cm³/mol. The smallest absolute Gasteiger partial charge is 0.321 e. The number of halogens is 2. The number of thioether (sulfide) groups is 1. The van der Waals surface area contributed by atoms with E-state index in [2.05, 4.69) is 4.98 Å². The summed E-state index contributed by atoms with van der Waals surface area (Å²) in [5, 5.41) is -0.522. The molecule has 3 rings (SSSR count). The number of imidazole rings is 1. The molecule has 0 aliphatic carbocycles. The quantitative estimate of drug-likeness (QED) is 0.634. The van der Waals surface area contributed by atoms with Gasteiger partial charge in [-0.05, 0) is 17.7 Å². The minimum atomic E-state index is -2.74. The Morgan fingerprint density at radius 3 is 2.36 bits per heavy atom. The van der Waals surface area contributed by atoms with E-state index >= 15 is 0 Å². The Morgan fingerprint density at radius 2 is 1.72 bits per heavy atom. The Morgan fingerprint density at radius 1 is 1.08 bits per heavy atom. The van der Waals surface area contributed by atoms with Crippen molar-refractivity contribution in [2.75, 3.05) is 14.1 Å². The molecule has 0 fully saturated rings. The van der Waals surface area contributed by atoms with Gasteiger partial charge in [0.1, 0.15) is 5.25 Å². The number of carbonyl (C=O) groups is 1. The molecule has 1 amide bonds. The number of likely N-dealkylation sites (N-methyl/N-ethyl adjacent to an activating group) is 1. The van der Waals surface area contributed by atoms with Crippen LogP contribution in [0.3, 0.4) is 0 Å². The third-order valence-electron chi connectivity index (χ3n) is 3.75. The normalized spacial score (nSPS) is 12.5. The molecule has 0 spiro atoms. The standard InChI is InChI=1S/C18H17F2N3OS/c1-22(2)16(24)15(12-8-4-3-5-9-12)25-18-21-13-10-6-7-11-14(13)23(18)17(19)20/h3-11,15,17H,1-2H3. The number of fused-ring (bicyclic) bond motifs is 1. The molecule has 0 aliphatic rings. The van der Waals surface area contributed by atoms with Crippen molar-refractivity contribution >= 4 is 28.7 Å². The van der Waals surface area contributed by atoms with Gasteiger partial charge in [0.15, 0.2) is 5.16 Å². The number of benzene rings is 2. The van der Waals surface area contributed by atoms with Crippen LogP contribution in [0.1, 0.15) is 17.4 Å². The molecule has 1 aromatic heterocycles. The van der Waals surface area contributed by atoms with Crippen LogP contribution in [0, 0.1) is 0 Å². The van der Waals surface area contributed by atoms with Crippen molar-refractivity contribution < 1.29 is 13.6 Å². The van der Waals surface area contributed by atoms with E-state index in [4.69, 9.17) is 0 Å². The lowest BCUT2D eigenvalue weighted by molar-refractivity contribution is -0.128. The van der Waals surface area contributed by atoms with Gasteiger partial charge in [0, 0.05) is 14.1 Å². The van der Waals surface area contributed by atoms with Crippen molar-refractivity contribution in [2.24, 2.45) is 0 Å². The molecule has 0 N–H and O–H groups in total. The van der Waals surface area contributed by atoms with E-state index in [0.29, 0.717) is 11.0 Å². The molecule has 0 aliphatic heterocycles. The first-order chi connectivity index (χ1) is 12.0. The van der Waals surface area contributed by atoms with Crippen LogP contribution in [0.15, 0.2) is 59.8 Å². The number of amides is 1. The van der Waals surface area contributed by atoms with Gasteiger partial charge in [-0.1, -0.05) is 54.2 Å². The monoisotopic (exact) mass is 361 g/mol. The summed E-state index contributed by atoms with van der Waals surface area (Å²) >= 11 is 1.04. The molecule has 1 unspecified atom stereocenters. The molecule has 0 saturated heterocycles. The lowest BCUT2D eigenvalue weighted by atomic mass is 10.1. The van der Waals surface area contributed by atoms with E-state index in [-0.39, 0.29) is 11.1 Å². The summed E-state index contributed by atoms with van der Waals surface area (Å²) in [7, 11) is 3.30. The second kappa shape index (κ2) is 7.23. The third-order valence-corrected chi connectivity index (χ3v) is 4.96. The zero-order valence-corrected chi connectivity index (χ0v) is 14.6. The lowest BCUT2D eigenvalue weighted by Crippen LogP contribution is -2.27. The maximum Gasteiger partial charge on any atom is 0.321 e. The average Bonchev–Trinajstić information content (AvgIpc) is 2.98. The first kappa shape index (κ1) is 17.4. The zero-order chi connectivity index (χ0) is 18.0. The van der Waals surface area contributed by atoms with Crippen LogP contribution in [0.25, 0.3) is 11.0 Å². The average molecular weight is 361 g/mol. The van der Waals surface area contributed by atoms with Crippen LogP contribution >= 0.6 is 11.8 Å². The van der Waals surface area contributed by atoms with Gasteiger partial charge in [0.25, 0.3) is 0 Å². The number of hydrogen-bond acceptors (Lipinski definition) is 3. The van der Waals surface area contributed by atoms with Gasteiger partial charge in [0.05, 0.1) is 11.0 Å². The minimum absolute atomic E-state index is 0.125. The van der Waals surface area contributed by atoms with Crippen LogP contribution < -0.4 is 0 Å². The Bertz CT molecular complexity index is 880. The number of aromatic nitrogens is 2. The SMILES string of the molecule is CN(C)C(=O)C(Sc1nc2ccccc2n1C(F)F)c1ccccc1. The molecule has 25 heavy (non-hydrogen) atoms. The highest BCUT2D eigenvalue weighted by molar-refractivity contribution is 8.00. The van der Waals surface area contributed by atoms with Gasteiger partial charge in [-0.15, -0.1) is 0 Å². The van der Waals surface area contributed by atoms with E-state index in [0.717, 1.165) is 21.9 Å². The fraction of sp³-hybridized carbons (Fsp3) is 0.222. The fourth-order valence-corrected chi connectivity index (χ4v) is 3.78. The van der Waals surface area contributed by atoms with Crippen molar-refractivity contribution in [3.8, 4) is 0 Å². The summed E-state index contributed by atoms with van der Waals surface area (Å²) in [5.74, 6) is -0.177. The summed E-state index contributed by atoms with van der Waals surface area (Å²) < 4.78 is 28.1. The number of carbonyl (C=O) groups excluding carboxylic acids is 1. The highest BCUT2D eigenvalue weighted by atomic mass is 32.2. The summed E-state index contributed by atoms with van der Waals surface area (Å²) in [4.78, 5) is 18.4. The summed E-state index contributed by atoms with van der Waals surface area (Å²) in [5.41, 5.74) is 1.58. The number of nitrogens with zero attached hydrogens (tertiary/aromatic N) is 3. The highest BCUT2D eigenvalue weighted by Crippen LogP contribution is 2.39. The number of para-hydroxylation sites is 2. The fourth-order valence-electron chi connectivity index (χ4n) is 2.52. The molecule has 7 heteroatoms. The molecule has 3 aromatic rings. The largest absolute Gasteiger partial charge is 0.348 e. The number of hydrogen-bond donors (Lipinski definition) is 0. The number of alkyl halides is 2. The summed E-state index contributed by atoms with van der Waals surface area (Å²) in [6.07, 6.45) is 0. The van der Waals surface area contributed by atoms with E-state index in [9.17, 15) is 13.6 Å². The Hall–Kier alpha value is -2.41. The van der Waals surface area contributed by atoms with Gasteiger partial charge < -0.3 is 4.90 Å². The first-order valence-electron chi connectivity index (χ1n) is 7.67. The second-order valence-electron chi connectivity index (χ2n) is 5.67. The maximum atomic E-state index is 13.6. The molecule has 4 nitrogen and oxygen atoms in total. The van der Waals surface area contributed by atoms with E-state index < -0.39 is 11.8 Å². The molecule has 0 radical (unpaired) electrons. The Kier molecular flexibility index (Phi) is 5.03. The second-order valence-corrected chi connectivity index (χ2v) is 6.74. The van der Waals surface area contributed by atoms with E-state index in [1.54, 1.807) is 38.4 Å². The van der Waals surface area contributed by atoms with E-state index in [1.165, 1.54) is 4.90 Å². The zero-order valence-electron chi connectivity index (χ0n) is 13.8. The van der Waals surface area contributed by atoms with Crippen molar-refractivity contribution in [3.05, 3.63) is 60.2 Å². The van der Waals surface area contributed by atoms with Crippen molar-refractivity contribution in [1.82, 2.24) is 14.5 Å². The minimum Gasteiger partial charge on any atom is -0.348 e. The molecule has 1 heterocycles. The molecular weight excluding hydrogens is 344 g/mol. The molecule has 0 saturated carbocycles. The Balaban J connectivity index is 2.07. The Labute approximate surface area is 148 Å². The van der Waals surface area contributed by atoms with Crippen LogP contribution in [0.5, 0.6) is 0 Å². The topological polar surface area (TPSA) is 38.1 Å². The highest BCUT2D eigenvalue weighted by Gasteiger charge is 2.28. The summed E-state index contributed by atoms with van der Waals surface area (Å²) in [6.45, 7) is -2.74. The van der Waals surface area contributed by atoms with Crippen LogP contribution in [-0.2, 0) is 4.79 Å². The predicted octanol–water partition coefficient (Wildman–Crippen LogP) is 4.35. The third kappa shape index (κ3) is 3.51. The van der Waals surface area contributed by atoms with Crippen molar-refractivity contribution in [2.45, 2.75) is 17.0 Å². The van der Waals surface area contributed by atoms with E-state index in [1.807, 2.05) is 30.3 Å².